The van der Waals surface area contributed by atoms with Crippen LogP contribution in [-0.2, 0) is 17.1 Å². The van der Waals surface area contributed by atoms with E-state index in [0.717, 1.165) is 11.4 Å². The van der Waals surface area contributed by atoms with Crippen molar-refractivity contribution in [3.05, 3.63) is 48.3 Å². The standard InChI is InChI=1S/C19H24N8O2S/c1-14-4-5-20-16(10-14)24-17-11-18(22-13-21-17)26-6-8-27(9-7-26)30(28,29)19-12-25(3)15(2)23-19/h4-5,10-13H,6-9H2,1-3H3,(H,20,21,22,24). The van der Waals surface area contributed by atoms with Crippen LogP contribution in [0.25, 0.3) is 0 Å². The summed E-state index contributed by atoms with van der Waals surface area (Å²) in [6.07, 6.45) is 4.79. The molecule has 30 heavy (non-hydrogen) atoms. The number of nitrogens with zero attached hydrogens (tertiary/aromatic N) is 7. The fourth-order valence-electron chi connectivity index (χ4n) is 3.26. The molecule has 11 heteroatoms. The average Bonchev–Trinajstić information content (AvgIpc) is 3.08. The molecule has 1 aliphatic rings. The van der Waals surface area contributed by atoms with Gasteiger partial charge in [-0.05, 0) is 31.5 Å². The number of aryl methyl sites for hydroxylation is 3. The molecular formula is C19H24N8O2S. The first-order valence-corrected chi connectivity index (χ1v) is 11.0. The molecule has 158 valence electrons. The number of aromatic nitrogens is 5. The van der Waals surface area contributed by atoms with Crippen LogP contribution in [-0.4, -0.2) is 63.4 Å². The molecule has 3 aromatic heterocycles. The number of hydrogen-bond acceptors (Lipinski definition) is 8. The minimum absolute atomic E-state index is 0.0927. The van der Waals surface area contributed by atoms with Crippen LogP contribution >= 0.6 is 0 Å². The summed E-state index contributed by atoms with van der Waals surface area (Å²) in [6, 6.07) is 5.71. The van der Waals surface area contributed by atoms with Crippen molar-refractivity contribution in [1.82, 2.24) is 28.8 Å². The van der Waals surface area contributed by atoms with E-state index in [2.05, 4.69) is 25.3 Å². The van der Waals surface area contributed by atoms with Gasteiger partial charge in [0, 0.05) is 51.7 Å². The van der Waals surface area contributed by atoms with E-state index in [4.69, 9.17) is 0 Å². The molecule has 1 N–H and O–H groups in total. The van der Waals surface area contributed by atoms with Crippen LogP contribution in [0.3, 0.4) is 0 Å². The first kappa shape index (κ1) is 20.2. The number of pyridine rings is 1. The van der Waals surface area contributed by atoms with E-state index in [0.29, 0.717) is 43.6 Å². The Hall–Kier alpha value is -3.05. The second-order valence-electron chi connectivity index (χ2n) is 7.23. The van der Waals surface area contributed by atoms with Gasteiger partial charge < -0.3 is 14.8 Å². The van der Waals surface area contributed by atoms with Crippen LogP contribution in [0.15, 0.2) is 41.9 Å². The lowest BCUT2D eigenvalue weighted by Crippen LogP contribution is -2.49. The Bertz CT molecular complexity index is 1130. The van der Waals surface area contributed by atoms with E-state index in [9.17, 15) is 8.42 Å². The summed E-state index contributed by atoms with van der Waals surface area (Å²) in [7, 11) is -1.82. The second kappa shape index (κ2) is 8.00. The van der Waals surface area contributed by atoms with Crippen LogP contribution in [0.2, 0.25) is 0 Å². The third-order valence-electron chi connectivity index (χ3n) is 5.08. The highest BCUT2D eigenvalue weighted by atomic mass is 32.2. The number of piperazine rings is 1. The summed E-state index contributed by atoms with van der Waals surface area (Å²) in [6.45, 7) is 5.57. The van der Waals surface area contributed by atoms with Gasteiger partial charge in [-0.3, -0.25) is 0 Å². The molecule has 4 heterocycles. The zero-order chi connectivity index (χ0) is 21.3. The molecule has 4 rings (SSSR count). The molecule has 0 atom stereocenters. The van der Waals surface area contributed by atoms with Gasteiger partial charge in [-0.15, -0.1) is 0 Å². The highest BCUT2D eigenvalue weighted by Gasteiger charge is 2.31. The fourth-order valence-corrected chi connectivity index (χ4v) is 4.71. The first-order valence-electron chi connectivity index (χ1n) is 9.60. The molecule has 3 aromatic rings. The maximum atomic E-state index is 12.9. The van der Waals surface area contributed by atoms with Crippen LogP contribution in [0.4, 0.5) is 17.5 Å². The molecule has 1 saturated heterocycles. The van der Waals surface area contributed by atoms with Crippen molar-refractivity contribution in [1.29, 1.82) is 0 Å². The zero-order valence-corrected chi connectivity index (χ0v) is 18.0. The van der Waals surface area contributed by atoms with Crippen molar-refractivity contribution < 1.29 is 8.42 Å². The smallest absolute Gasteiger partial charge is 0.262 e. The number of imidazole rings is 1. The van der Waals surface area contributed by atoms with Gasteiger partial charge in [0.15, 0.2) is 5.03 Å². The maximum absolute atomic E-state index is 12.9. The molecule has 0 bridgehead atoms. The van der Waals surface area contributed by atoms with E-state index in [1.165, 1.54) is 10.6 Å². The lowest BCUT2D eigenvalue weighted by molar-refractivity contribution is 0.382. The zero-order valence-electron chi connectivity index (χ0n) is 17.1. The van der Waals surface area contributed by atoms with E-state index in [1.807, 2.05) is 30.0 Å². The quantitative estimate of drug-likeness (QED) is 0.651. The van der Waals surface area contributed by atoms with E-state index in [1.54, 1.807) is 30.9 Å². The van der Waals surface area contributed by atoms with Crippen molar-refractivity contribution in [3.8, 4) is 0 Å². The van der Waals surface area contributed by atoms with Gasteiger partial charge in [0.05, 0.1) is 0 Å². The molecule has 1 aliphatic heterocycles. The molecule has 10 nitrogen and oxygen atoms in total. The van der Waals surface area contributed by atoms with E-state index >= 15 is 0 Å². The summed E-state index contributed by atoms with van der Waals surface area (Å²) in [4.78, 5) is 19.1. The number of rotatable bonds is 5. The summed E-state index contributed by atoms with van der Waals surface area (Å²) in [5.74, 6) is 2.75. The van der Waals surface area contributed by atoms with Gasteiger partial charge in [0.25, 0.3) is 10.0 Å². The number of nitrogens with one attached hydrogen (secondary N) is 1. The summed E-state index contributed by atoms with van der Waals surface area (Å²) < 4.78 is 28.9. The van der Waals surface area contributed by atoms with E-state index in [-0.39, 0.29) is 5.03 Å². The van der Waals surface area contributed by atoms with Gasteiger partial charge in [0.1, 0.15) is 29.6 Å². The minimum Gasteiger partial charge on any atom is -0.354 e. The normalized spacial score (nSPS) is 15.4. The Morgan fingerprint density at radius 1 is 1.00 bits per heavy atom. The Kier molecular flexibility index (Phi) is 5.39. The molecule has 0 radical (unpaired) electrons. The average molecular weight is 429 g/mol. The highest BCUT2D eigenvalue weighted by molar-refractivity contribution is 7.89. The van der Waals surface area contributed by atoms with Gasteiger partial charge in [-0.25, -0.2) is 28.4 Å². The SMILES string of the molecule is Cc1ccnc(Nc2cc(N3CCN(S(=O)(=O)c4cn(C)c(C)n4)CC3)ncn2)c1. The summed E-state index contributed by atoms with van der Waals surface area (Å²) in [5.41, 5.74) is 1.10. The van der Waals surface area contributed by atoms with Crippen LogP contribution < -0.4 is 10.2 Å². The number of hydrogen-bond donors (Lipinski definition) is 1. The van der Waals surface area contributed by atoms with Gasteiger partial charge >= 0.3 is 0 Å². The molecule has 1 fully saturated rings. The topological polar surface area (TPSA) is 109 Å². The first-order chi connectivity index (χ1) is 14.3. The van der Waals surface area contributed by atoms with Crippen molar-refractivity contribution in [2.24, 2.45) is 7.05 Å². The minimum atomic E-state index is -3.60. The molecular weight excluding hydrogens is 404 g/mol. The third-order valence-corrected chi connectivity index (χ3v) is 6.85. The van der Waals surface area contributed by atoms with Crippen molar-refractivity contribution in [3.63, 3.8) is 0 Å². The molecule has 0 aliphatic carbocycles. The fraction of sp³-hybridized carbons (Fsp3) is 0.368. The largest absolute Gasteiger partial charge is 0.354 e. The third kappa shape index (κ3) is 4.12. The van der Waals surface area contributed by atoms with E-state index < -0.39 is 10.0 Å². The summed E-state index contributed by atoms with van der Waals surface area (Å²) >= 11 is 0. The predicted molar refractivity (Wildman–Crippen MR) is 113 cm³/mol. The number of anilines is 3. The number of sulfonamides is 1. The highest BCUT2D eigenvalue weighted by Crippen LogP contribution is 2.22. The predicted octanol–water partition coefficient (Wildman–Crippen LogP) is 1.48. The van der Waals surface area contributed by atoms with Crippen molar-refractivity contribution in [2.45, 2.75) is 18.9 Å². The molecule has 0 saturated carbocycles. The molecule has 0 spiro atoms. The van der Waals surface area contributed by atoms with Crippen LogP contribution in [0, 0.1) is 13.8 Å². The van der Waals surface area contributed by atoms with Crippen LogP contribution in [0.1, 0.15) is 11.4 Å². The van der Waals surface area contributed by atoms with Crippen molar-refractivity contribution >= 4 is 27.5 Å². The summed E-state index contributed by atoms with van der Waals surface area (Å²) in [5, 5.41) is 3.27. The van der Waals surface area contributed by atoms with Crippen LogP contribution in [0.5, 0.6) is 0 Å². The molecule has 0 unspecified atom stereocenters. The molecule has 0 amide bonds. The van der Waals surface area contributed by atoms with Gasteiger partial charge in [-0.1, -0.05) is 0 Å². The second-order valence-corrected chi connectivity index (χ2v) is 9.12. The Labute approximate surface area is 175 Å². The Balaban J connectivity index is 1.44. The Morgan fingerprint density at radius 2 is 1.73 bits per heavy atom. The van der Waals surface area contributed by atoms with Crippen molar-refractivity contribution in [2.75, 3.05) is 36.4 Å². The lowest BCUT2D eigenvalue weighted by Gasteiger charge is -2.34. The monoisotopic (exact) mass is 428 g/mol. The van der Waals surface area contributed by atoms with Gasteiger partial charge in [-0.2, -0.15) is 4.31 Å². The maximum Gasteiger partial charge on any atom is 0.262 e. The Morgan fingerprint density at radius 3 is 2.40 bits per heavy atom. The molecule has 0 aromatic carbocycles. The van der Waals surface area contributed by atoms with Gasteiger partial charge in [0.2, 0.25) is 0 Å². The lowest BCUT2D eigenvalue weighted by atomic mass is 10.3.